The van der Waals surface area contributed by atoms with Gasteiger partial charge in [-0.2, -0.15) is 0 Å². The average molecular weight is 274 g/mol. The zero-order chi connectivity index (χ0) is 13.9. The highest BCUT2D eigenvalue weighted by Crippen LogP contribution is 2.37. The topological polar surface area (TPSA) is 68.2 Å². The van der Waals surface area contributed by atoms with Crippen LogP contribution in [-0.2, 0) is 14.2 Å². The number of hydrogen-bond acceptors (Lipinski definition) is 5. The molecule has 5 nitrogen and oxygen atoms in total. The number of rotatable bonds is 8. The smallest absolute Gasteiger partial charge is 0.149 e. The van der Waals surface area contributed by atoms with Crippen molar-refractivity contribution in [3.8, 4) is 0 Å². The third-order valence-corrected chi connectivity index (χ3v) is 3.95. The minimum Gasteiger partial charge on any atom is -0.390 e. The summed E-state index contributed by atoms with van der Waals surface area (Å²) in [7, 11) is 0. The van der Waals surface area contributed by atoms with Crippen LogP contribution in [0.4, 0.5) is 0 Å². The maximum Gasteiger partial charge on any atom is 0.149 e. The van der Waals surface area contributed by atoms with Crippen molar-refractivity contribution in [1.82, 2.24) is 0 Å². The van der Waals surface area contributed by atoms with E-state index in [9.17, 15) is 10.2 Å². The van der Waals surface area contributed by atoms with Crippen LogP contribution in [0.5, 0.6) is 0 Å². The van der Waals surface area contributed by atoms with Gasteiger partial charge in [0, 0.05) is 0 Å². The van der Waals surface area contributed by atoms with Crippen LogP contribution in [0.3, 0.4) is 0 Å². The molecule has 0 saturated heterocycles. The van der Waals surface area contributed by atoms with E-state index in [2.05, 4.69) is 0 Å². The Morgan fingerprint density at radius 2 is 1.16 bits per heavy atom. The van der Waals surface area contributed by atoms with Crippen molar-refractivity contribution in [1.29, 1.82) is 0 Å². The molecule has 19 heavy (non-hydrogen) atoms. The van der Waals surface area contributed by atoms with Gasteiger partial charge in [-0.25, -0.2) is 0 Å². The lowest BCUT2D eigenvalue weighted by atomic mass is 9.73. The predicted octanol–water partition coefficient (Wildman–Crippen LogP) is 1.27. The van der Waals surface area contributed by atoms with E-state index in [0.29, 0.717) is 25.0 Å². The van der Waals surface area contributed by atoms with Gasteiger partial charge in [-0.15, -0.1) is 0 Å². The quantitative estimate of drug-likeness (QED) is 0.515. The Morgan fingerprint density at radius 1 is 0.789 bits per heavy atom. The number of ether oxygens (including phenoxy) is 3. The molecule has 112 valence electrons. The van der Waals surface area contributed by atoms with E-state index in [1.807, 2.05) is 13.8 Å². The highest BCUT2D eigenvalue weighted by molar-refractivity contribution is 4.90. The summed E-state index contributed by atoms with van der Waals surface area (Å²) in [5, 5.41) is 19.1. The molecule has 0 aliphatic heterocycles. The molecule has 0 aromatic heterocycles. The normalized spacial score (nSPS) is 41.7. The van der Waals surface area contributed by atoms with Crippen molar-refractivity contribution in [2.75, 3.05) is 26.8 Å². The molecular formula is C14H26O5. The Kier molecular flexibility index (Phi) is 4.84. The Bertz CT molecular complexity index is 246. The van der Waals surface area contributed by atoms with Crippen molar-refractivity contribution in [2.45, 2.75) is 50.7 Å². The first kappa shape index (κ1) is 15.2. The maximum absolute atomic E-state index is 9.55. The molecule has 0 amide bonds. The maximum atomic E-state index is 9.55. The van der Waals surface area contributed by atoms with E-state index in [0.717, 1.165) is 25.7 Å². The zero-order valence-electron chi connectivity index (χ0n) is 11.9. The van der Waals surface area contributed by atoms with Crippen molar-refractivity contribution in [3.05, 3.63) is 0 Å². The van der Waals surface area contributed by atoms with E-state index < -0.39 is 11.2 Å². The molecule has 0 atom stereocenters. The molecule has 2 aliphatic rings. The zero-order valence-corrected chi connectivity index (χ0v) is 11.9. The van der Waals surface area contributed by atoms with Crippen molar-refractivity contribution in [3.63, 3.8) is 0 Å². The summed E-state index contributed by atoms with van der Waals surface area (Å²) in [6.45, 7) is 5.46. The fraction of sp³-hybridized carbons (Fsp3) is 1.00. The molecule has 0 bridgehead atoms. The van der Waals surface area contributed by atoms with Gasteiger partial charge in [0.25, 0.3) is 0 Å². The van der Waals surface area contributed by atoms with Crippen LogP contribution in [0.2, 0.25) is 0 Å². The van der Waals surface area contributed by atoms with Gasteiger partial charge < -0.3 is 24.4 Å². The second-order valence-electron chi connectivity index (χ2n) is 6.72. The molecule has 0 aromatic rings. The summed E-state index contributed by atoms with van der Waals surface area (Å²) >= 11 is 0. The Labute approximate surface area is 114 Å². The molecule has 2 saturated carbocycles. The summed E-state index contributed by atoms with van der Waals surface area (Å²) in [5.41, 5.74) is -0.968. The van der Waals surface area contributed by atoms with Gasteiger partial charge in [0.2, 0.25) is 0 Å². The Morgan fingerprint density at radius 3 is 1.47 bits per heavy atom. The van der Waals surface area contributed by atoms with Crippen LogP contribution in [0, 0.1) is 11.8 Å². The van der Waals surface area contributed by atoms with Crippen LogP contribution < -0.4 is 0 Å². The Hall–Kier alpha value is -0.200. The molecule has 0 radical (unpaired) electrons. The first-order chi connectivity index (χ1) is 8.86. The minimum atomic E-state index is -0.484. The molecule has 0 spiro atoms. The van der Waals surface area contributed by atoms with Gasteiger partial charge >= 0.3 is 0 Å². The standard InChI is InChI=1S/C14H26O5/c1-13(15)3-11(4-13)7-17-9-19-10-18-8-12-5-14(2,16)6-12/h11-12,15-16H,3-10H2,1-2H3. The molecule has 0 aromatic carbocycles. The number of aliphatic hydroxyl groups is 2. The van der Waals surface area contributed by atoms with Gasteiger partial charge in [-0.05, 0) is 51.4 Å². The van der Waals surface area contributed by atoms with E-state index >= 15 is 0 Å². The third-order valence-electron chi connectivity index (χ3n) is 3.95. The minimum absolute atomic E-state index is 0.237. The number of hydrogen-bond donors (Lipinski definition) is 2. The fourth-order valence-corrected chi connectivity index (χ4v) is 3.19. The summed E-state index contributed by atoms with van der Waals surface area (Å²) in [6, 6.07) is 0. The second kappa shape index (κ2) is 6.06. The highest BCUT2D eigenvalue weighted by Gasteiger charge is 2.38. The summed E-state index contributed by atoms with van der Waals surface area (Å²) < 4.78 is 15.9. The molecule has 2 N–H and O–H groups in total. The SMILES string of the molecule is CC1(O)CC(COCOCOCC2CC(C)(O)C2)C1. The van der Waals surface area contributed by atoms with Crippen LogP contribution >= 0.6 is 0 Å². The fourth-order valence-electron chi connectivity index (χ4n) is 3.19. The van der Waals surface area contributed by atoms with Crippen LogP contribution in [-0.4, -0.2) is 48.2 Å². The van der Waals surface area contributed by atoms with Gasteiger partial charge in [-0.1, -0.05) is 0 Å². The summed E-state index contributed by atoms with van der Waals surface area (Å²) in [5.74, 6) is 0.911. The van der Waals surface area contributed by atoms with E-state index in [4.69, 9.17) is 14.2 Å². The van der Waals surface area contributed by atoms with Gasteiger partial charge in [0.05, 0.1) is 24.4 Å². The monoisotopic (exact) mass is 274 g/mol. The van der Waals surface area contributed by atoms with Crippen molar-refractivity contribution < 1.29 is 24.4 Å². The van der Waals surface area contributed by atoms with E-state index in [-0.39, 0.29) is 13.6 Å². The third kappa shape index (κ3) is 5.00. The predicted molar refractivity (Wildman–Crippen MR) is 69.4 cm³/mol. The first-order valence-electron chi connectivity index (χ1n) is 7.04. The lowest BCUT2D eigenvalue weighted by Crippen LogP contribution is -2.43. The second-order valence-corrected chi connectivity index (χ2v) is 6.72. The molecule has 2 fully saturated rings. The highest BCUT2D eigenvalue weighted by atomic mass is 16.7. The average Bonchev–Trinajstić information content (AvgIpc) is 2.22. The van der Waals surface area contributed by atoms with Crippen molar-refractivity contribution in [2.24, 2.45) is 11.8 Å². The molecule has 0 heterocycles. The molecule has 2 rings (SSSR count). The van der Waals surface area contributed by atoms with Gasteiger partial charge in [-0.3, -0.25) is 0 Å². The molecule has 0 unspecified atom stereocenters. The van der Waals surface area contributed by atoms with Crippen molar-refractivity contribution >= 4 is 0 Å². The van der Waals surface area contributed by atoms with Crippen LogP contribution in [0.1, 0.15) is 39.5 Å². The Balaban J connectivity index is 1.34. The molecular weight excluding hydrogens is 248 g/mol. The largest absolute Gasteiger partial charge is 0.390 e. The first-order valence-corrected chi connectivity index (χ1v) is 7.04. The lowest BCUT2D eigenvalue weighted by Gasteiger charge is -2.40. The molecule has 2 aliphatic carbocycles. The van der Waals surface area contributed by atoms with Crippen LogP contribution in [0.25, 0.3) is 0 Å². The van der Waals surface area contributed by atoms with Gasteiger partial charge in [0.1, 0.15) is 13.6 Å². The summed E-state index contributed by atoms with van der Waals surface area (Å²) in [6.07, 6.45) is 3.24. The summed E-state index contributed by atoms with van der Waals surface area (Å²) in [4.78, 5) is 0. The van der Waals surface area contributed by atoms with E-state index in [1.165, 1.54) is 0 Å². The lowest BCUT2D eigenvalue weighted by molar-refractivity contribution is -0.165. The molecule has 5 heteroatoms. The van der Waals surface area contributed by atoms with E-state index in [1.54, 1.807) is 0 Å². The van der Waals surface area contributed by atoms with Crippen LogP contribution in [0.15, 0.2) is 0 Å². The van der Waals surface area contributed by atoms with Gasteiger partial charge in [0.15, 0.2) is 0 Å².